The Morgan fingerprint density at radius 1 is 1.22 bits per heavy atom. The summed E-state index contributed by atoms with van der Waals surface area (Å²) >= 11 is 12.0. The molecule has 0 aliphatic carbocycles. The number of hydrogen-bond donors (Lipinski definition) is 1. The number of ether oxygens (including phenoxy) is 1. The maximum atomic E-state index is 6.04. The molecule has 94 valence electrons. The number of nitrogens with two attached hydrogens (primary N) is 1. The highest BCUT2D eigenvalue weighted by Gasteiger charge is 2.07. The maximum absolute atomic E-state index is 6.04. The van der Waals surface area contributed by atoms with Crippen molar-refractivity contribution in [1.29, 1.82) is 0 Å². The van der Waals surface area contributed by atoms with Crippen molar-refractivity contribution >= 4 is 28.9 Å². The summed E-state index contributed by atoms with van der Waals surface area (Å²) in [6.45, 7) is 2.03. The minimum atomic E-state index is 0.329. The molecule has 0 bridgehead atoms. The van der Waals surface area contributed by atoms with Crippen molar-refractivity contribution < 1.29 is 4.74 Å². The minimum absolute atomic E-state index is 0.329. The van der Waals surface area contributed by atoms with Gasteiger partial charge in [-0.1, -0.05) is 30.1 Å². The number of pyridine rings is 1. The molecule has 18 heavy (non-hydrogen) atoms. The van der Waals surface area contributed by atoms with Crippen molar-refractivity contribution in [3.63, 3.8) is 0 Å². The molecule has 0 unspecified atom stereocenters. The summed E-state index contributed by atoms with van der Waals surface area (Å²) in [6, 6.07) is 7.04. The Balaban J connectivity index is 2.28. The quantitative estimate of drug-likeness (QED) is 0.912. The van der Waals surface area contributed by atoms with E-state index in [-0.39, 0.29) is 0 Å². The van der Waals surface area contributed by atoms with E-state index in [4.69, 9.17) is 33.7 Å². The summed E-state index contributed by atoms with van der Waals surface area (Å²) in [5.41, 5.74) is 7.08. The Morgan fingerprint density at radius 2 is 2.00 bits per heavy atom. The highest BCUT2D eigenvalue weighted by atomic mass is 35.5. The second kappa shape index (κ2) is 5.46. The molecule has 0 atom stereocenters. The monoisotopic (exact) mass is 282 g/mol. The number of aryl methyl sites for hydroxylation is 1. The van der Waals surface area contributed by atoms with Gasteiger partial charge in [-0.05, 0) is 36.2 Å². The fourth-order valence-corrected chi connectivity index (χ4v) is 1.98. The molecule has 0 saturated heterocycles. The fraction of sp³-hybridized carbons (Fsp3) is 0.154. The number of hydrogen-bond acceptors (Lipinski definition) is 3. The molecule has 2 rings (SSSR count). The molecule has 0 aliphatic rings. The predicted octanol–water partition coefficient (Wildman–Crippen LogP) is 4.33. The van der Waals surface area contributed by atoms with Gasteiger partial charge in [0.2, 0.25) is 5.88 Å². The Labute approximate surface area is 115 Å². The van der Waals surface area contributed by atoms with Crippen LogP contribution in [0.2, 0.25) is 10.0 Å². The van der Waals surface area contributed by atoms with E-state index in [1.54, 1.807) is 18.2 Å². The van der Waals surface area contributed by atoms with Crippen LogP contribution in [0.5, 0.6) is 11.6 Å². The molecular formula is C13H12Cl2N2O. The molecular weight excluding hydrogens is 271 g/mol. The molecule has 0 spiro atoms. The predicted molar refractivity (Wildman–Crippen MR) is 74.6 cm³/mol. The lowest BCUT2D eigenvalue weighted by Gasteiger charge is -2.09. The van der Waals surface area contributed by atoms with Gasteiger partial charge in [-0.15, -0.1) is 0 Å². The Hall–Kier alpha value is -1.45. The lowest BCUT2D eigenvalue weighted by atomic mass is 10.1. The Morgan fingerprint density at radius 3 is 2.67 bits per heavy atom. The average Bonchev–Trinajstić information content (AvgIpc) is 2.35. The molecule has 0 aliphatic heterocycles. The van der Waals surface area contributed by atoms with Gasteiger partial charge in [0.25, 0.3) is 0 Å². The van der Waals surface area contributed by atoms with Crippen LogP contribution in [0.3, 0.4) is 0 Å². The van der Waals surface area contributed by atoms with E-state index in [9.17, 15) is 0 Å². The number of benzene rings is 1. The van der Waals surface area contributed by atoms with Gasteiger partial charge in [0.1, 0.15) is 10.8 Å². The molecule has 5 heteroatoms. The molecule has 2 aromatic rings. The highest BCUT2D eigenvalue weighted by molar-refractivity contribution is 6.32. The Kier molecular flexibility index (Phi) is 3.94. The second-order valence-electron chi connectivity index (χ2n) is 3.76. The van der Waals surface area contributed by atoms with E-state index in [0.717, 1.165) is 17.0 Å². The topological polar surface area (TPSA) is 48.1 Å². The van der Waals surface area contributed by atoms with E-state index >= 15 is 0 Å². The van der Waals surface area contributed by atoms with Gasteiger partial charge >= 0.3 is 0 Å². The third-order valence-electron chi connectivity index (χ3n) is 2.44. The first kappa shape index (κ1) is 13.0. The second-order valence-corrected chi connectivity index (χ2v) is 4.58. The lowest BCUT2D eigenvalue weighted by molar-refractivity contribution is 0.463. The largest absolute Gasteiger partial charge is 0.438 e. The fourth-order valence-electron chi connectivity index (χ4n) is 1.51. The third-order valence-corrected chi connectivity index (χ3v) is 3.08. The van der Waals surface area contributed by atoms with E-state index in [0.29, 0.717) is 22.3 Å². The van der Waals surface area contributed by atoms with Crippen molar-refractivity contribution in [2.45, 2.75) is 13.3 Å². The van der Waals surface area contributed by atoms with Crippen LogP contribution >= 0.6 is 23.2 Å². The molecule has 0 radical (unpaired) electrons. The van der Waals surface area contributed by atoms with Gasteiger partial charge < -0.3 is 10.5 Å². The smallest absolute Gasteiger partial charge is 0.238 e. The zero-order chi connectivity index (χ0) is 13.1. The van der Waals surface area contributed by atoms with Crippen molar-refractivity contribution in [2.75, 3.05) is 5.73 Å². The molecule has 2 N–H and O–H groups in total. The van der Waals surface area contributed by atoms with Gasteiger partial charge in [-0.3, -0.25) is 0 Å². The summed E-state index contributed by atoms with van der Waals surface area (Å²) in [7, 11) is 0. The van der Waals surface area contributed by atoms with Gasteiger partial charge in [0.05, 0.1) is 11.9 Å². The van der Waals surface area contributed by atoms with Crippen molar-refractivity contribution in [3.8, 4) is 11.6 Å². The Bertz CT molecular complexity index is 573. The van der Waals surface area contributed by atoms with Crippen LogP contribution in [0.15, 0.2) is 30.5 Å². The summed E-state index contributed by atoms with van der Waals surface area (Å²) in [6.07, 6.45) is 2.33. The highest BCUT2D eigenvalue weighted by Crippen LogP contribution is 2.30. The van der Waals surface area contributed by atoms with Gasteiger partial charge in [0, 0.05) is 5.02 Å². The van der Waals surface area contributed by atoms with E-state index in [1.165, 1.54) is 6.20 Å². The summed E-state index contributed by atoms with van der Waals surface area (Å²) in [4.78, 5) is 4.04. The van der Waals surface area contributed by atoms with Gasteiger partial charge in [0.15, 0.2) is 0 Å². The van der Waals surface area contributed by atoms with E-state index in [2.05, 4.69) is 4.98 Å². The number of halogens is 2. The van der Waals surface area contributed by atoms with Crippen LogP contribution in [-0.2, 0) is 6.42 Å². The van der Waals surface area contributed by atoms with Crippen LogP contribution in [-0.4, -0.2) is 4.98 Å². The number of nitrogen functional groups attached to an aromatic ring is 1. The van der Waals surface area contributed by atoms with E-state index < -0.39 is 0 Å². The average molecular weight is 283 g/mol. The molecule has 3 nitrogen and oxygen atoms in total. The molecule has 0 saturated carbocycles. The van der Waals surface area contributed by atoms with Crippen LogP contribution in [0.1, 0.15) is 12.5 Å². The van der Waals surface area contributed by atoms with Crippen molar-refractivity contribution in [3.05, 3.63) is 46.1 Å². The van der Waals surface area contributed by atoms with Crippen LogP contribution in [0.4, 0.5) is 5.69 Å². The van der Waals surface area contributed by atoms with Crippen LogP contribution < -0.4 is 10.5 Å². The first-order chi connectivity index (χ1) is 8.60. The van der Waals surface area contributed by atoms with Gasteiger partial charge in [-0.25, -0.2) is 4.98 Å². The maximum Gasteiger partial charge on any atom is 0.238 e. The number of nitrogens with zero attached hydrogens (tertiary/aromatic N) is 1. The summed E-state index contributed by atoms with van der Waals surface area (Å²) < 4.78 is 5.60. The standard InChI is InChI=1S/C13H12Cl2N2O/c1-2-8-5-10(3-4-11(8)14)18-13-12(15)6-9(16)7-17-13/h3-7H,2,16H2,1H3. The van der Waals surface area contributed by atoms with Crippen LogP contribution in [0.25, 0.3) is 0 Å². The van der Waals surface area contributed by atoms with E-state index in [1.807, 2.05) is 13.0 Å². The van der Waals surface area contributed by atoms with Crippen molar-refractivity contribution in [2.24, 2.45) is 0 Å². The van der Waals surface area contributed by atoms with Gasteiger partial charge in [-0.2, -0.15) is 0 Å². The summed E-state index contributed by atoms with van der Waals surface area (Å²) in [5, 5.41) is 1.10. The normalized spacial score (nSPS) is 10.4. The molecule has 1 heterocycles. The zero-order valence-electron chi connectivity index (χ0n) is 9.78. The first-order valence-corrected chi connectivity index (χ1v) is 6.23. The molecule has 0 amide bonds. The lowest BCUT2D eigenvalue weighted by Crippen LogP contribution is -1.93. The molecule has 0 fully saturated rings. The van der Waals surface area contributed by atoms with Crippen molar-refractivity contribution in [1.82, 2.24) is 4.98 Å². The number of anilines is 1. The summed E-state index contributed by atoms with van der Waals surface area (Å²) in [5.74, 6) is 0.977. The minimum Gasteiger partial charge on any atom is -0.438 e. The zero-order valence-corrected chi connectivity index (χ0v) is 11.3. The van der Waals surface area contributed by atoms with Crippen LogP contribution in [0, 0.1) is 0 Å². The molecule has 1 aromatic heterocycles. The SMILES string of the molecule is CCc1cc(Oc2ncc(N)cc2Cl)ccc1Cl. The molecule has 1 aromatic carbocycles. The first-order valence-electron chi connectivity index (χ1n) is 5.47. The number of aromatic nitrogens is 1. The third kappa shape index (κ3) is 2.86. The number of rotatable bonds is 3.